The summed E-state index contributed by atoms with van der Waals surface area (Å²) in [7, 11) is -1.64. The Kier molecular flexibility index (Phi) is 9.22. The zero-order chi connectivity index (χ0) is 29.1. The molecule has 0 spiro atoms. The number of fused-ring (bicyclic) bond motifs is 1. The lowest BCUT2D eigenvalue weighted by molar-refractivity contribution is -0.0753. The second kappa shape index (κ2) is 12.7. The van der Waals surface area contributed by atoms with Gasteiger partial charge in [-0.1, -0.05) is 24.1 Å². The van der Waals surface area contributed by atoms with Gasteiger partial charge in [-0.05, 0) is 58.1 Å². The molecule has 9 nitrogen and oxygen atoms in total. The number of aryl methyl sites for hydroxylation is 1. The first-order valence-electron chi connectivity index (χ1n) is 14.1. The summed E-state index contributed by atoms with van der Waals surface area (Å²) in [5.41, 5.74) is 0.402. The van der Waals surface area contributed by atoms with Gasteiger partial charge in [-0.2, -0.15) is 0 Å². The van der Waals surface area contributed by atoms with E-state index in [-0.39, 0.29) is 31.2 Å². The van der Waals surface area contributed by atoms with Crippen molar-refractivity contribution in [3.05, 3.63) is 61.1 Å². The molecule has 0 radical (unpaired) electrons. The maximum atomic E-state index is 14.2. The summed E-state index contributed by atoms with van der Waals surface area (Å²) in [6.07, 6.45) is 2.16. The van der Waals surface area contributed by atoms with Gasteiger partial charge in [0.2, 0.25) is 7.37 Å². The smallest absolute Gasteiger partial charge is 0.332 e. The molecule has 0 bridgehead atoms. The third-order valence-electron chi connectivity index (χ3n) is 7.68. The van der Waals surface area contributed by atoms with Crippen LogP contribution < -0.4 is 16.0 Å². The van der Waals surface area contributed by atoms with Gasteiger partial charge in [0.15, 0.2) is 0 Å². The summed E-state index contributed by atoms with van der Waals surface area (Å²) in [4.78, 5) is 29.4. The summed E-state index contributed by atoms with van der Waals surface area (Å²) < 4.78 is 40.2. The van der Waals surface area contributed by atoms with Gasteiger partial charge in [0.05, 0.1) is 36.6 Å². The van der Waals surface area contributed by atoms with E-state index in [2.05, 4.69) is 11.8 Å². The van der Waals surface area contributed by atoms with Crippen molar-refractivity contribution in [1.82, 2.24) is 9.13 Å². The summed E-state index contributed by atoms with van der Waals surface area (Å²) in [5, 5.41) is 0.413. The van der Waals surface area contributed by atoms with Crippen LogP contribution >= 0.6 is 18.7 Å². The molecule has 1 aromatic carbocycles. The molecule has 41 heavy (non-hydrogen) atoms. The number of thiophene rings is 1. The number of benzene rings is 1. The van der Waals surface area contributed by atoms with Gasteiger partial charge in [0, 0.05) is 24.4 Å². The molecule has 0 N–H and O–H groups in total. The van der Waals surface area contributed by atoms with E-state index >= 15 is 0 Å². The molecule has 2 aromatic heterocycles. The van der Waals surface area contributed by atoms with Gasteiger partial charge in [-0.3, -0.25) is 13.9 Å². The average molecular weight is 601 g/mol. The van der Waals surface area contributed by atoms with Crippen molar-refractivity contribution in [3.63, 3.8) is 0 Å². The number of hydrogen-bond donors (Lipinski definition) is 0. The van der Waals surface area contributed by atoms with Crippen LogP contribution in [-0.4, -0.2) is 47.8 Å². The molecule has 1 saturated carbocycles. The van der Waals surface area contributed by atoms with Crippen molar-refractivity contribution in [1.29, 1.82) is 0 Å². The number of aromatic nitrogens is 2. The maximum absolute atomic E-state index is 14.2. The Bertz CT molecular complexity index is 1640. The van der Waals surface area contributed by atoms with Crippen LogP contribution in [0.3, 0.4) is 0 Å². The average Bonchev–Trinajstić information content (AvgIpc) is 3.79. The van der Waals surface area contributed by atoms with Crippen LogP contribution in [0.1, 0.15) is 61.6 Å². The predicted molar refractivity (Wildman–Crippen MR) is 161 cm³/mol. The lowest BCUT2D eigenvalue weighted by Gasteiger charge is -2.29. The predicted octanol–water partition coefficient (Wildman–Crippen LogP) is 5.28. The Labute approximate surface area is 243 Å². The molecule has 1 saturated heterocycles. The fourth-order valence-corrected chi connectivity index (χ4v) is 9.16. The highest BCUT2D eigenvalue weighted by Gasteiger charge is 2.43. The third kappa shape index (κ3) is 6.11. The summed E-state index contributed by atoms with van der Waals surface area (Å²) >= 11 is 1.32. The van der Waals surface area contributed by atoms with Gasteiger partial charge < -0.3 is 18.7 Å². The molecule has 220 valence electrons. The molecule has 3 heterocycles. The number of para-hydroxylation sites is 1. The number of hydrogen-bond acceptors (Lipinski definition) is 8. The highest BCUT2D eigenvalue weighted by molar-refractivity contribution is 7.59. The molecule has 11 heteroatoms. The summed E-state index contributed by atoms with van der Waals surface area (Å²) in [6, 6.07) is 7.61. The van der Waals surface area contributed by atoms with E-state index in [9.17, 15) is 14.2 Å². The standard InChI is InChI=1S/C30H37N2O7PS/c1-5-9-26-20(3)27-28(33)32(19-40(35,38-6-2)22-12-13-22)30(34)31(29(27)41-26)18-25(39-21-14-16-37-17-15-21)23-10-7-8-11-24(23)36-4/h7-8,10-11,21-22,25H,6,12-19H2,1-4H3/t25-,40?/m0/s1. The molecule has 2 atom stereocenters. The molecule has 5 rings (SSSR count). The van der Waals surface area contributed by atoms with Crippen molar-refractivity contribution in [3.8, 4) is 17.6 Å². The van der Waals surface area contributed by atoms with E-state index in [0.29, 0.717) is 34.7 Å². The Morgan fingerprint density at radius 3 is 2.54 bits per heavy atom. The second-order valence-corrected chi connectivity index (χ2v) is 14.2. The van der Waals surface area contributed by atoms with Crippen molar-refractivity contribution in [2.75, 3.05) is 26.9 Å². The molecule has 1 aliphatic carbocycles. The Morgan fingerprint density at radius 1 is 1.15 bits per heavy atom. The van der Waals surface area contributed by atoms with Crippen LogP contribution in [0, 0.1) is 18.8 Å². The van der Waals surface area contributed by atoms with Crippen molar-refractivity contribution < 1.29 is 23.3 Å². The SMILES string of the molecule is CC#Cc1sc2c(c1C)c(=O)n(CP(=O)(OCC)C1CC1)c(=O)n2C[C@H](OC1CCOCC1)c1ccccc1OC. The van der Waals surface area contributed by atoms with E-state index in [1.807, 2.05) is 31.2 Å². The molecular formula is C30H37N2O7PS. The highest BCUT2D eigenvalue weighted by atomic mass is 32.1. The number of ether oxygens (including phenoxy) is 3. The van der Waals surface area contributed by atoms with Crippen LogP contribution in [0.2, 0.25) is 0 Å². The lowest BCUT2D eigenvalue weighted by Crippen LogP contribution is -2.41. The summed E-state index contributed by atoms with van der Waals surface area (Å²) in [5.74, 6) is 6.65. The second-order valence-electron chi connectivity index (χ2n) is 10.4. The van der Waals surface area contributed by atoms with Gasteiger partial charge in [0.1, 0.15) is 23.0 Å². The van der Waals surface area contributed by atoms with Crippen LogP contribution in [0.15, 0.2) is 33.9 Å². The maximum Gasteiger partial charge on any atom is 0.332 e. The molecule has 0 amide bonds. The number of nitrogens with zero attached hydrogens (tertiary/aromatic N) is 2. The molecule has 2 aliphatic rings. The van der Waals surface area contributed by atoms with Gasteiger partial charge in [-0.25, -0.2) is 9.36 Å². The Balaban J connectivity index is 1.69. The highest BCUT2D eigenvalue weighted by Crippen LogP contribution is 2.62. The molecule has 2 fully saturated rings. The molecule has 1 unspecified atom stereocenters. The van der Waals surface area contributed by atoms with Crippen LogP contribution in [0.4, 0.5) is 0 Å². The quantitative estimate of drug-likeness (QED) is 0.218. The first-order chi connectivity index (χ1) is 19.8. The largest absolute Gasteiger partial charge is 0.496 e. The number of rotatable bonds is 11. The van der Waals surface area contributed by atoms with Crippen molar-refractivity contribution in [2.45, 2.75) is 77.2 Å². The molecular weight excluding hydrogens is 563 g/mol. The molecule has 1 aliphatic heterocycles. The summed E-state index contributed by atoms with van der Waals surface area (Å²) in [6.45, 7) is 6.96. The Hall–Kier alpha value is -2.67. The fraction of sp³-hybridized carbons (Fsp3) is 0.533. The van der Waals surface area contributed by atoms with E-state index in [4.69, 9.17) is 18.7 Å². The minimum atomic E-state index is -3.25. The van der Waals surface area contributed by atoms with Gasteiger partial charge in [0.25, 0.3) is 5.56 Å². The van der Waals surface area contributed by atoms with Crippen LogP contribution in [0.5, 0.6) is 5.75 Å². The van der Waals surface area contributed by atoms with E-state index in [1.54, 1.807) is 25.5 Å². The zero-order valence-corrected chi connectivity index (χ0v) is 25.7. The Morgan fingerprint density at radius 2 is 1.88 bits per heavy atom. The van der Waals surface area contributed by atoms with E-state index < -0.39 is 24.7 Å². The zero-order valence-electron chi connectivity index (χ0n) is 24.0. The molecule has 3 aromatic rings. The van der Waals surface area contributed by atoms with Crippen LogP contribution in [0.25, 0.3) is 10.2 Å². The monoisotopic (exact) mass is 600 g/mol. The first-order valence-corrected chi connectivity index (χ1v) is 16.8. The lowest BCUT2D eigenvalue weighted by atomic mass is 10.1. The minimum absolute atomic E-state index is 0.0598. The normalized spacial score (nSPS) is 18.0. The van der Waals surface area contributed by atoms with Gasteiger partial charge in [-0.15, -0.1) is 17.3 Å². The third-order valence-corrected chi connectivity index (χ3v) is 11.9. The van der Waals surface area contributed by atoms with Crippen LogP contribution in [-0.2, 0) is 31.4 Å². The number of methoxy groups -OCH3 is 1. The van der Waals surface area contributed by atoms with E-state index in [1.165, 1.54) is 11.3 Å². The van der Waals surface area contributed by atoms with E-state index in [0.717, 1.165) is 40.7 Å². The minimum Gasteiger partial charge on any atom is -0.496 e. The van der Waals surface area contributed by atoms with Gasteiger partial charge >= 0.3 is 5.69 Å². The van der Waals surface area contributed by atoms with Crippen molar-refractivity contribution in [2.24, 2.45) is 0 Å². The fourth-order valence-electron chi connectivity index (χ4n) is 5.42. The topological polar surface area (TPSA) is 98.0 Å². The van der Waals surface area contributed by atoms with Crippen molar-refractivity contribution >= 4 is 28.9 Å². The first kappa shape index (κ1) is 29.8.